The number of rotatable bonds is 4. The highest BCUT2D eigenvalue weighted by molar-refractivity contribution is 6.30. The van der Waals surface area contributed by atoms with E-state index in [0.29, 0.717) is 32.9 Å². The summed E-state index contributed by atoms with van der Waals surface area (Å²) in [6, 6.07) is 21.4. The van der Waals surface area contributed by atoms with E-state index in [-0.39, 0.29) is 12.4 Å². The fourth-order valence-electron chi connectivity index (χ4n) is 3.27. The first-order chi connectivity index (χ1) is 14.0. The summed E-state index contributed by atoms with van der Waals surface area (Å²) in [5.74, 6) is 0.0425. The summed E-state index contributed by atoms with van der Waals surface area (Å²) in [6.45, 7) is 1.85. The van der Waals surface area contributed by atoms with Gasteiger partial charge in [0.1, 0.15) is 11.3 Å². The van der Waals surface area contributed by atoms with E-state index in [2.05, 4.69) is 0 Å². The average Bonchev–Trinajstić information content (AvgIpc) is 2.70. The van der Waals surface area contributed by atoms with E-state index >= 15 is 0 Å². The monoisotopic (exact) mass is 404 g/mol. The Bertz CT molecular complexity index is 1240. The summed E-state index contributed by atoms with van der Waals surface area (Å²) in [5.41, 5.74) is 2.82. The normalized spacial score (nSPS) is 10.8. The number of esters is 1. The van der Waals surface area contributed by atoms with Gasteiger partial charge in [0, 0.05) is 10.4 Å². The van der Waals surface area contributed by atoms with Crippen LogP contribution in [0.25, 0.3) is 22.1 Å². The largest absolute Gasteiger partial charge is 0.426 e. The lowest BCUT2D eigenvalue weighted by Gasteiger charge is -2.10. The predicted octanol–water partition coefficient (Wildman–Crippen LogP) is 5.57. The molecule has 5 heteroatoms. The van der Waals surface area contributed by atoms with Crippen LogP contribution >= 0.6 is 11.6 Å². The zero-order chi connectivity index (χ0) is 20.4. The zero-order valence-corrected chi connectivity index (χ0v) is 16.4. The van der Waals surface area contributed by atoms with E-state index < -0.39 is 5.63 Å². The second kappa shape index (κ2) is 7.94. The van der Waals surface area contributed by atoms with Crippen molar-refractivity contribution in [2.24, 2.45) is 0 Å². The molecule has 0 fully saturated rings. The Kier molecular flexibility index (Phi) is 5.19. The van der Waals surface area contributed by atoms with Gasteiger partial charge in [-0.05, 0) is 53.9 Å². The summed E-state index contributed by atoms with van der Waals surface area (Å²) in [6.07, 6.45) is 0.178. The average molecular weight is 405 g/mol. The Morgan fingerprint density at radius 2 is 1.72 bits per heavy atom. The number of benzene rings is 3. The minimum Gasteiger partial charge on any atom is -0.426 e. The molecule has 4 nitrogen and oxygen atoms in total. The smallest absolute Gasteiger partial charge is 0.344 e. The number of hydrogen-bond acceptors (Lipinski definition) is 4. The van der Waals surface area contributed by atoms with E-state index in [4.69, 9.17) is 20.8 Å². The minimum atomic E-state index is -0.425. The number of ether oxygens (including phenoxy) is 1. The van der Waals surface area contributed by atoms with Gasteiger partial charge in [0.2, 0.25) is 0 Å². The van der Waals surface area contributed by atoms with Gasteiger partial charge in [0.25, 0.3) is 0 Å². The molecule has 144 valence electrons. The molecule has 4 rings (SSSR count). The van der Waals surface area contributed by atoms with Crippen LogP contribution in [0.3, 0.4) is 0 Å². The van der Waals surface area contributed by atoms with Crippen LogP contribution in [0.2, 0.25) is 5.02 Å². The van der Waals surface area contributed by atoms with Crippen molar-refractivity contribution in [3.05, 3.63) is 99.4 Å². The Morgan fingerprint density at radius 1 is 1.00 bits per heavy atom. The second-order valence-corrected chi connectivity index (χ2v) is 7.13. The molecule has 0 N–H and O–H groups in total. The van der Waals surface area contributed by atoms with Gasteiger partial charge >= 0.3 is 11.6 Å². The predicted molar refractivity (Wildman–Crippen MR) is 113 cm³/mol. The van der Waals surface area contributed by atoms with Crippen LogP contribution in [0.4, 0.5) is 0 Å². The third-order valence-corrected chi connectivity index (χ3v) is 4.94. The van der Waals surface area contributed by atoms with E-state index in [1.807, 2.05) is 37.3 Å². The number of carbonyl (C=O) groups is 1. The molecular formula is C24H17ClO4. The van der Waals surface area contributed by atoms with Crippen molar-refractivity contribution in [1.29, 1.82) is 0 Å². The summed E-state index contributed by atoms with van der Waals surface area (Å²) in [4.78, 5) is 24.8. The van der Waals surface area contributed by atoms with Gasteiger partial charge in [0.05, 0.1) is 12.0 Å². The summed E-state index contributed by atoms with van der Waals surface area (Å²) in [5, 5.41) is 1.30. The number of aryl methyl sites for hydroxylation is 1. The molecule has 1 heterocycles. The molecule has 0 saturated carbocycles. The van der Waals surface area contributed by atoms with Gasteiger partial charge in [-0.15, -0.1) is 0 Å². The molecule has 0 spiro atoms. The Labute approximate surface area is 172 Å². The molecule has 0 amide bonds. The lowest BCUT2D eigenvalue weighted by Crippen LogP contribution is -2.11. The Balaban J connectivity index is 1.68. The van der Waals surface area contributed by atoms with Crippen LogP contribution in [-0.4, -0.2) is 5.97 Å². The lowest BCUT2D eigenvalue weighted by molar-refractivity contribution is -0.133. The molecule has 0 atom stereocenters. The van der Waals surface area contributed by atoms with Crippen molar-refractivity contribution < 1.29 is 13.9 Å². The van der Waals surface area contributed by atoms with Gasteiger partial charge in [0.15, 0.2) is 0 Å². The van der Waals surface area contributed by atoms with Crippen LogP contribution in [-0.2, 0) is 11.2 Å². The van der Waals surface area contributed by atoms with Gasteiger partial charge in [-0.2, -0.15) is 0 Å². The molecule has 4 aromatic rings. The molecule has 0 saturated heterocycles. The first-order valence-electron chi connectivity index (χ1n) is 9.09. The zero-order valence-electron chi connectivity index (χ0n) is 15.6. The Morgan fingerprint density at radius 3 is 2.45 bits per heavy atom. The van der Waals surface area contributed by atoms with Gasteiger partial charge in [-0.25, -0.2) is 4.79 Å². The number of fused-ring (bicyclic) bond motifs is 1. The quantitative estimate of drug-likeness (QED) is 0.253. The van der Waals surface area contributed by atoms with Crippen molar-refractivity contribution >= 4 is 28.5 Å². The maximum Gasteiger partial charge on any atom is 0.344 e. The highest BCUT2D eigenvalue weighted by Crippen LogP contribution is 2.30. The maximum atomic E-state index is 12.5. The summed E-state index contributed by atoms with van der Waals surface area (Å²) < 4.78 is 11.0. The van der Waals surface area contributed by atoms with Crippen molar-refractivity contribution in [2.45, 2.75) is 13.3 Å². The van der Waals surface area contributed by atoms with Crippen molar-refractivity contribution in [3.8, 4) is 16.9 Å². The molecule has 0 aliphatic rings. The van der Waals surface area contributed by atoms with Crippen LogP contribution in [0, 0.1) is 6.92 Å². The topological polar surface area (TPSA) is 56.5 Å². The summed E-state index contributed by atoms with van der Waals surface area (Å²) in [7, 11) is 0. The van der Waals surface area contributed by atoms with E-state index in [1.165, 1.54) is 0 Å². The molecule has 1 aromatic heterocycles. The first kappa shape index (κ1) is 19.0. The van der Waals surface area contributed by atoms with Crippen LogP contribution in [0.5, 0.6) is 5.75 Å². The van der Waals surface area contributed by atoms with E-state index in [1.54, 1.807) is 42.5 Å². The molecule has 0 aliphatic carbocycles. The molecule has 0 bridgehead atoms. The van der Waals surface area contributed by atoms with Crippen LogP contribution in [0.15, 0.2) is 82.0 Å². The second-order valence-electron chi connectivity index (χ2n) is 6.69. The SMILES string of the molecule is Cc1c(-c2ccc(Cl)cc2)c(=O)oc2ccc(OC(=O)Cc3ccccc3)cc12. The molecule has 0 unspecified atom stereocenters. The van der Waals surface area contributed by atoms with E-state index in [9.17, 15) is 9.59 Å². The number of carbonyl (C=O) groups excluding carboxylic acids is 1. The van der Waals surface area contributed by atoms with Crippen molar-refractivity contribution in [1.82, 2.24) is 0 Å². The van der Waals surface area contributed by atoms with Crippen LogP contribution in [0.1, 0.15) is 11.1 Å². The van der Waals surface area contributed by atoms with Gasteiger partial charge in [-0.1, -0.05) is 54.1 Å². The molecular weight excluding hydrogens is 388 g/mol. The maximum absolute atomic E-state index is 12.5. The molecule has 29 heavy (non-hydrogen) atoms. The standard InChI is InChI=1S/C24H17ClO4/c1-15-20-14-19(28-22(26)13-16-5-3-2-4-6-16)11-12-21(20)29-24(27)23(15)17-7-9-18(25)10-8-17/h2-12,14H,13H2,1H3. The first-order valence-corrected chi connectivity index (χ1v) is 9.47. The van der Waals surface area contributed by atoms with Gasteiger partial charge in [-0.3, -0.25) is 4.79 Å². The highest BCUT2D eigenvalue weighted by Gasteiger charge is 2.15. The van der Waals surface area contributed by atoms with Crippen molar-refractivity contribution in [2.75, 3.05) is 0 Å². The van der Waals surface area contributed by atoms with Gasteiger partial charge < -0.3 is 9.15 Å². The number of halogens is 1. The molecule has 0 radical (unpaired) electrons. The molecule has 3 aromatic carbocycles. The third kappa shape index (κ3) is 4.08. The fraction of sp³-hybridized carbons (Fsp3) is 0.0833. The number of hydrogen-bond donors (Lipinski definition) is 0. The molecule has 0 aliphatic heterocycles. The third-order valence-electron chi connectivity index (χ3n) is 4.69. The lowest BCUT2D eigenvalue weighted by atomic mass is 9.99. The fourth-order valence-corrected chi connectivity index (χ4v) is 3.40. The van der Waals surface area contributed by atoms with Crippen LogP contribution < -0.4 is 10.4 Å². The Hall–Kier alpha value is -3.37. The minimum absolute atomic E-state index is 0.178. The highest BCUT2D eigenvalue weighted by atomic mass is 35.5. The summed E-state index contributed by atoms with van der Waals surface area (Å²) >= 11 is 5.95. The van der Waals surface area contributed by atoms with E-state index in [0.717, 1.165) is 11.1 Å². The van der Waals surface area contributed by atoms with Crippen molar-refractivity contribution in [3.63, 3.8) is 0 Å².